The highest BCUT2D eigenvalue weighted by molar-refractivity contribution is 5.91. The van der Waals surface area contributed by atoms with Crippen molar-refractivity contribution < 1.29 is 4.79 Å². The van der Waals surface area contributed by atoms with E-state index in [1.807, 2.05) is 6.92 Å². The van der Waals surface area contributed by atoms with E-state index in [4.69, 9.17) is 0 Å². The van der Waals surface area contributed by atoms with Crippen LogP contribution >= 0.6 is 0 Å². The molecule has 0 aliphatic heterocycles. The number of hydrogen-bond donors (Lipinski definition) is 2. The number of aromatic nitrogens is 2. The largest absolute Gasteiger partial charge is 0.286 e. The molecule has 66 valence electrons. The molecule has 0 bridgehead atoms. The number of rotatable bonds is 2. The Morgan fingerprint density at radius 1 is 1.67 bits per heavy atom. The Morgan fingerprint density at radius 3 is 2.75 bits per heavy atom. The molecule has 2 N–H and O–H groups in total. The number of amides is 1. The molecule has 0 aromatic carbocycles. The number of hydrogen-bond acceptors (Lipinski definition) is 3. The average molecular weight is 168 g/mol. The van der Waals surface area contributed by atoms with Crippen molar-refractivity contribution in [3.63, 3.8) is 0 Å². The van der Waals surface area contributed by atoms with Gasteiger partial charge in [-0.2, -0.15) is 5.10 Å². The van der Waals surface area contributed by atoms with Crippen molar-refractivity contribution in [1.82, 2.24) is 20.6 Å². The normalized spacial score (nSPS) is 10.3. The van der Waals surface area contributed by atoms with Crippen LogP contribution in [0, 0.1) is 6.92 Å². The van der Waals surface area contributed by atoms with Gasteiger partial charge in [0, 0.05) is 19.8 Å². The third-order valence-electron chi connectivity index (χ3n) is 1.26. The van der Waals surface area contributed by atoms with E-state index in [9.17, 15) is 4.79 Å². The molecule has 5 nitrogen and oxygen atoms in total. The van der Waals surface area contributed by atoms with Gasteiger partial charge in [0.15, 0.2) is 5.69 Å². The van der Waals surface area contributed by atoms with Gasteiger partial charge in [-0.3, -0.25) is 15.3 Å². The molecule has 1 aromatic heterocycles. The summed E-state index contributed by atoms with van der Waals surface area (Å²) in [6.45, 7) is 1.85. The van der Waals surface area contributed by atoms with E-state index in [1.54, 1.807) is 25.2 Å². The van der Waals surface area contributed by atoms with E-state index in [-0.39, 0.29) is 5.91 Å². The summed E-state index contributed by atoms with van der Waals surface area (Å²) in [6.07, 6.45) is 0. The van der Waals surface area contributed by atoms with E-state index in [1.165, 1.54) is 0 Å². The molecule has 0 spiro atoms. The van der Waals surface area contributed by atoms with Crippen molar-refractivity contribution in [3.8, 4) is 0 Å². The smallest absolute Gasteiger partial charge is 0.284 e. The standard InChI is InChI=1S/C7H12N4O/c1-5-4-6(9-8-5)7(12)10-11(2)3/h4H,1-3H3,(H,8,9)(H,10,12). The number of nitrogens with zero attached hydrogens (tertiary/aromatic N) is 2. The van der Waals surface area contributed by atoms with Crippen LogP contribution in [-0.2, 0) is 0 Å². The highest BCUT2D eigenvalue weighted by Gasteiger charge is 2.08. The molecule has 0 fully saturated rings. The Morgan fingerprint density at radius 2 is 2.33 bits per heavy atom. The summed E-state index contributed by atoms with van der Waals surface area (Å²) < 4.78 is 0. The van der Waals surface area contributed by atoms with Crippen LogP contribution in [0.2, 0.25) is 0 Å². The predicted octanol–water partition coefficient (Wildman–Crippen LogP) is -0.0755. The third-order valence-corrected chi connectivity index (χ3v) is 1.26. The minimum absolute atomic E-state index is 0.204. The Kier molecular flexibility index (Phi) is 2.44. The van der Waals surface area contributed by atoms with Crippen LogP contribution in [0.15, 0.2) is 6.07 Å². The highest BCUT2D eigenvalue weighted by atomic mass is 16.2. The number of hydrazine groups is 1. The van der Waals surface area contributed by atoms with E-state index in [0.717, 1.165) is 5.69 Å². The van der Waals surface area contributed by atoms with Gasteiger partial charge in [-0.15, -0.1) is 0 Å². The zero-order valence-electron chi connectivity index (χ0n) is 7.38. The third kappa shape index (κ3) is 2.06. The second-order valence-electron chi connectivity index (χ2n) is 2.77. The van der Waals surface area contributed by atoms with Crippen LogP contribution in [0.25, 0.3) is 0 Å². The van der Waals surface area contributed by atoms with Gasteiger partial charge in [0.25, 0.3) is 5.91 Å². The average Bonchev–Trinajstić information content (AvgIpc) is 2.34. The van der Waals surface area contributed by atoms with Crippen molar-refractivity contribution in [2.24, 2.45) is 0 Å². The van der Waals surface area contributed by atoms with E-state index in [0.29, 0.717) is 5.69 Å². The molecule has 1 heterocycles. The van der Waals surface area contributed by atoms with Gasteiger partial charge in [-0.1, -0.05) is 0 Å². The van der Waals surface area contributed by atoms with Gasteiger partial charge in [-0.25, -0.2) is 5.01 Å². The Labute approximate surface area is 70.7 Å². The van der Waals surface area contributed by atoms with Crippen LogP contribution in [0.3, 0.4) is 0 Å². The Balaban J connectivity index is 2.65. The molecule has 0 radical (unpaired) electrons. The molecular formula is C7H12N4O. The van der Waals surface area contributed by atoms with Crippen LogP contribution < -0.4 is 5.43 Å². The lowest BCUT2D eigenvalue weighted by Crippen LogP contribution is -2.36. The van der Waals surface area contributed by atoms with E-state index < -0.39 is 0 Å². The molecule has 12 heavy (non-hydrogen) atoms. The zero-order valence-corrected chi connectivity index (χ0v) is 7.38. The fraction of sp³-hybridized carbons (Fsp3) is 0.429. The van der Waals surface area contributed by atoms with Crippen molar-refractivity contribution in [1.29, 1.82) is 0 Å². The van der Waals surface area contributed by atoms with E-state index >= 15 is 0 Å². The molecule has 5 heteroatoms. The molecule has 1 aromatic rings. The molecule has 0 aliphatic rings. The molecule has 0 aliphatic carbocycles. The lowest BCUT2D eigenvalue weighted by Gasteiger charge is -2.09. The zero-order chi connectivity index (χ0) is 9.14. The second kappa shape index (κ2) is 3.36. The highest BCUT2D eigenvalue weighted by Crippen LogP contribution is 1.96. The van der Waals surface area contributed by atoms with E-state index in [2.05, 4.69) is 15.6 Å². The number of aryl methyl sites for hydroxylation is 1. The van der Waals surface area contributed by atoms with Gasteiger partial charge in [0.05, 0.1) is 0 Å². The summed E-state index contributed by atoms with van der Waals surface area (Å²) in [5.74, 6) is -0.204. The summed E-state index contributed by atoms with van der Waals surface area (Å²) in [6, 6.07) is 1.69. The number of H-pyrrole nitrogens is 1. The Hall–Kier alpha value is -1.36. The van der Waals surface area contributed by atoms with Gasteiger partial charge in [0.1, 0.15) is 0 Å². The lowest BCUT2D eigenvalue weighted by molar-refractivity contribution is 0.0851. The first-order valence-corrected chi connectivity index (χ1v) is 3.60. The fourth-order valence-corrected chi connectivity index (χ4v) is 0.795. The summed E-state index contributed by atoms with van der Waals surface area (Å²) in [5.41, 5.74) is 3.86. The van der Waals surface area contributed by atoms with Crippen LogP contribution in [-0.4, -0.2) is 35.2 Å². The molecule has 0 unspecified atom stereocenters. The first-order chi connectivity index (χ1) is 5.59. The number of aromatic amines is 1. The van der Waals surface area contributed by atoms with Crippen LogP contribution in [0.1, 0.15) is 16.2 Å². The summed E-state index contributed by atoms with van der Waals surface area (Å²) in [7, 11) is 3.49. The maximum absolute atomic E-state index is 11.2. The van der Waals surface area contributed by atoms with Gasteiger partial charge >= 0.3 is 0 Å². The molecule has 0 saturated heterocycles. The summed E-state index contributed by atoms with van der Waals surface area (Å²) in [4.78, 5) is 11.2. The topological polar surface area (TPSA) is 61.0 Å². The fourth-order valence-electron chi connectivity index (χ4n) is 0.795. The maximum Gasteiger partial charge on any atom is 0.286 e. The number of nitrogens with one attached hydrogen (secondary N) is 2. The van der Waals surface area contributed by atoms with Gasteiger partial charge < -0.3 is 0 Å². The van der Waals surface area contributed by atoms with Crippen molar-refractivity contribution in [3.05, 3.63) is 17.5 Å². The molecule has 0 saturated carbocycles. The van der Waals surface area contributed by atoms with Gasteiger partial charge in [0.2, 0.25) is 0 Å². The first-order valence-electron chi connectivity index (χ1n) is 3.60. The number of carbonyl (C=O) groups is 1. The molecule has 0 atom stereocenters. The second-order valence-corrected chi connectivity index (χ2v) is 2.77. The summed E-state index contributed by atoms with van der Waals surface area (Å²) in [5, 5.41) is 8.07. The Bertz CT molecular complexity index is 279. The monoisotopic (exact) mass is 168 g/mol. The van der Waals surface area contributed by atoms with Crippen molar-refractivity contribution >= 4 is 5.91 Å². The minimum atomic E-state index is -0.204. The number of carbonyl (C=O) groups excluding carboxylic acids is 1. The predicted molar refractivity (Wildman–Crippen MR) is 44.5 cm³/mol. The van der Waals surface area contributed by atoms with Crippen LogP contribution in [0.5, 0.6) is 0 Å². The molecule has 1 rings (SSSR count). The lowest BCUT2D eigenvalue weighted by atomic mass is 10.4. The molecular weight excluding hydrogens is 156 g/mol. The maximum atomic E-state index is 11.2. The SMILES string of the molecule is Cc1cc(C(=O)NN(C)C)n[nH]1. The van der Waals surface area contributed by atoms with Crippen molar-refractivity contribution in [2.45, 2.75) is 6.92 Å². The first kappa shape index (κ1) is 8.73. The van der Waals surface area contributed by atoms with Crippen LogP contribution in [0.4, 0.5) is 0 Å². The van der Waals surface area contributed by atoms with Gasteiger partial charge in [-0.05, 0) is 13.0 Å². The quantitative estimate of drug-likeness (QED) is 0.607. The summed E-state index contributed by atoms with van der Waals surface area (Å²) >= 11 is 0. The minimum Gasteiger partial charge on any atom is -0.284 e. The van der Waals surface area contributed by atoms with Crippen molar-refractivity contribution in [2.75, 3.05) is 14.1 Å². The molecule has 1 amide bonds.